The molecule has 0 radical (unpaired) electrons. The lowest BCUT2D eigenvalue weighted by Gasteiger charge is -2.28. The zero-order chi connectivity index (χ0) is 24.8. The molecule has 0 bridgehead atoms. The van der Waals surface area contributed by atoms with Gasteiger partial charge in [0, 0.05) is 30.4 Å². The zero-order valence-corrected chi connectivity index (χ0v) is 19.0. The van der Waals surface area contributed by atoms with Gasteiger partial charge < -0.3 is 25.0 Å². The number of ether oxygens (including phenoxy) is 2. The first-order valence-corrected chi connectivity index (χ1v) is 10.9. The maximum atomic E-state index is 13.0. The first kappa shape index (κ1) is 23.7. The van der Waals surface area contributed by atoms with E-state index in [9.17, 15) is 19.7 Å². The molecule has 10 heteroatoms. The number of hydrogen-bond donors (Lipinski definition) is 2. The lowest BCUT2D eigenvalue weighted by atomic mass is 10.1. The molecule has 2 N–H and O–H groups in total. The van der Waals surface area contributed by atoms with Crippen LogP contribution >= 0.6 is 0 Å². The molecule has 3 aromatic carbocycles. The number of amides is 2. The first-order valence-electron chi connectivity index (χ1n) is 10.9. The molecule has 3 aromatic rings. The van der Waals surface area contributed by atoms with E-state index in [0.29, 0.717) is 43.4 Å². The number of nitro groups is 1. The predicted molar refractivity (Wildman–Crippen MR) is 131 cm³/mol. The summed E-state index contributed by atoms with van der Waals surface area (Å²) < 4.78 is 10.4. The van der Waals surface area contributed by atoms with E-state index in [1.807, 2.05) is 4.90 Å². The van der Waals surface area contributed by atoms with Crippen molar-refractivity contribution in [3.8, 4) is 5.75 Å². The van der Waals surface area contributed by atoms with Crippen molar-refractivity contribution in [1.29, 1.82) is 0 Å². The summed E-state index contributed by atoms with van der Waals surface area (Å²) in [6.07, 6.45) is 0. The van der Waals surface area contributed by atoms with Crippen LogP contribution in [0.25, 0.3) is 0 Å². The van der Waals surface area contributed by atoms with E-state index in [1.54, 1.807) is 61.7 Å². The molecular weight excluding hydrogens is 452 g/mol. The van der Waals surface area contributed by atoms with Gasteiger partial charge in [-0.15, -0.1) is 0 Å². The van der Waals surface area contributed by atoms with Gasteiger partial charge in [-0.25, -0.2) is 0 Å². The van der Waals surface area contributed by atoms with E-state index >= 15 is 0 Å². The van der Waals surface area contributed by atoms with Crippen LogP contribution in [0.3, 0.4) is 0 Å². The van der Waals surface area contributed by atoms with Crippen LogP contribution in [0.15, 0.2) is 66.7 Å². The highest BCUT2D eigenvalue weighted by Crippen LogP contribution is 2.30. The molecule has 180 valence electrons. The van der Waals surface area contributed by atoms with Crippen LogP contribution in [0.1, 0.15) is 20.7 Å². The number of carbonyl (C=O) groups excluding carboxylic acids is 2. The topological polar surface area (TPSA) is 123 Å². The molecule has 4 rings (SSSR count). The van der Waals surface area contributed by atoms with E-state index in [0.717, 1.165) is 0 Å². The number of rotatable bonds is 7. The third kappa shape index (κ3) is 5.56. The summed E-state index contributed by atoms with van der Waals surface area (Å²) in [6.45, 7) is 2.02. The molecule has 0 aromatic heterocycles. The van der Waals surface area contributed by atoms with Crippen LogP contribution in [0.4, 0.5) is 22.7 Å². The van der Waals surface area contributed by atoms with E-state index < -0.39 is 16.7 Å². The summed E-state index contributed by atoms with van der Waals surface area (Å²) in [4.78, 5) is 38.9. The minimum Gasteiger partial charge on any atom is -0.497 e. The maximum absolute atomic E-state index is 13.0. The molecule has 0 aliphatic carbocycles. The number of carbonyl (C=O) groups is 2. The third-order valence-electron chi connectivity index (χ3n) is 5.55. The second kappa shape index (κ2) is 10.7. The average Bonchev–Trinajstić information content (AvgIpc) is 2.89. The van der Waals surface area contributed by atoms with Crippen molar-refractivity contribution in [3.05, 3.63) is 88.0 Å². The van der Waals surface area contributed by atoms with Gasteiger partial charge in [-0.2, -0.15) is 0 Å². The third-order valence-corrected chi connectivity index (χ3v) is 5.55. The molecule has 0 unspecified atom stereocenters. The number of anilines is 3. The Morgan fingerprint density at radius 2 is 1.69 bits per heavy atom. The van der Waals surface area contributed by atoms with Gasteiger partial charge in [0.1, 0.15) is 11.4 Å². The highest BCUT2D eigenvalue weighted by Gasteiger charge is 2.24. The minimum absolute atomic E-state index is 0.110. The van der Waals surface area contributed by atoms with Crippen LogP contribution in [-0.4, -0.2) is 50.2 Å². The molecule has 2 amide bonds. The van der Waals surface area contributed by atoms with Crippen LogP contribution in [0.5, 0.6) is 5.75 Å². The van der Waals surface area contributed by atoms with Gasteiger partial charge in [-0.3, -0.25) is 19.7 Å². The van der Waals surface area contributed by atoms with E-state index in [-0.39, 0.29) is 22.5 Å². The Labute approximate surface area is 201 Å². The summed E-state index contributed by atoms with van der Waals surface area (Å²) in [5, 5.41) is 17.2. The number of benzene rings is 3. The standard InChI is InChI=1S/C25H24N4O6/c1-34-19-9-7-18(8-10-19)26-25(31)20-4-2-3-5-21(20)27-24(30)17-6-11-22(23(16-17)29(32)33)28-12-14-35-15-13-28/h2-11,16H,12-15H2,1H3,(H,26,31)(H,27,30). The number of nitrogens with one attached hydrogen (secondary N) is 2. The van der Waals surface area contributed by atoms with Crippen molar-refractivity contribution in [3.63, 3.8) is 0 Å². The Morgan fingerprint density at radius 3 is 2.37 bits per heavy atom. The summed E-state index contributed by atoms with van der Waals surface area (Å²) in [7, 11) is 1.55. The Balaban J connectivity index is 1.53. The number of morpholine rings is 1. The molecule has 10 nitrogen and oxygen atoms in total. The van der Waals surface area contributed by atoms with Gasteiger partial charge >= 0.3 is 0 Å². The molecule has 35 heavy (non-hydrogen) atoms. The molecule has 0 atom stereocenters. The Hall–Kier alpha value is -4.44. The molecule has 1 aliphatic heterocycles. The van der Waals surface area contributed by atoms with Gasteiger partial charge in [0.25, 0.3) is 17.5 Å². The highest BCUT2D eigenvalue weighted by atomic mass is 16.6. The largest absolute Gasteiger partial charge is 0.497 e. The SMILES string of the molecule is COc1ccc(NC(=O)c2ccccc2NC(=O)c2ccc(N3CCOCC3)c([N+](=O)[O-])c2)cc1. The minimum atomic E-state index is -0.564. The number of methoxy groups -OCH3 is 1. The average molecular weight is 476 g/mol. The second-order valence-electron chi connectivity index (χ2n) is 7.74. The normalized spacial score (nSPS) is 13.1. The number of nitro benzene ring substituents is 1. The van der Waals surface area contributed by atoms with E-state index in [1.165, 1.54) is 12.1 Å². The van der Waals surface area contributed by atoms with Crippen molar-refractivity contribution >= 4 is 34.6 Å². The smallest absolute Gasteiger partial charge is 0.293 e. The molecular formula is C25H24N4O6. The molecule has 0 spiro atoms. The van der Waals surface area contributed by atoms with Gasteiger partial charge in [-0.1, -0.05) is 12.1 Å². The molecule has 1 saturated heterocycles. The summed E-state index contributed by atoms with van der Waals surface area (Å²) in [5.41, 5.74) is 1.48. The zero-order valence-electron chi connectivity index (χ0n) is 19.0. The lowest BCUT2D eigenvalue weighted by Crippen LogP contribution is -2.36. The van der Waals surface area contributed by atoms with Crippen molar-refractivity contribution in [2.45, 2.75) is 0 Å². The molecule has 1 fully saturated rings. The first-order chi connectivity index (χ1) is 17.0. The summed E-state index contributed by atoms with van der Waals surface area (Å²) in [6, 6.07) is 17.7. The Kier molecular flexibility index (Phi) is 7.22. The monoisotopic (exact) mass is 476 g/mol. The van der Waals surface area contributed by atoms with Gasteiger partial charge in [0.2, 0.25) is 0 Å². The van der Waals surface area contributed by atoms with Crippen molar-refractivity contribution in [1.82, 2.24) is 0 Å². The second-order valence-corrected chi connectivity index (χ2v) is 7.74. The maximum Gasteiger partial charge on any atom is 0.293 e. The van der Waals surface area contributed by atoms with Crippen LogP contribution in [-0.2, 0) is 4.74 Å². The Bertz CT molecular complexity index is 1240. The molecule has 1 heterocycles. The van der Waals surface area contributed by atoms with E-state index in [2.05, 4.69) is 10.6 Å². The van der Waals surface area contributed by atoms with Gasteiger partial charge in [0.05, 0.1) is 36.5 Å². The fraction of sp³-hybridized carbons (Fsp3) is 0.200. The van der Waals surface area contributed by atoms with Crippen LogP contribution in [0, 0.1) is 10.1 Å². The summed E-state index contributed by atoms with van der Waals surface area (Å²) in [5.74, 6) is -0.324. The number of para-hydroxylation sites is 1. The number of nitrogens with zero attached hydrogens (tertiary/aromatic N) is 2. The predicted octanol–water partition coefficient (Wildman–Crippen LogP) is 3.94. The van der Waals surface area contributed by atoms with Crippen molar-refractivity contribution in [2.75, 3.05) is 48.9 Å². The van der Waals surface area contributed by atoms with Gasteiger partial charge in [-0.05, 0) is 48.5 Å². The molecule has 1 aliphatic rings. The van der Waals surface area contributed by atoms with Gasteiger partial charge in [0.15, 0.2) is 0 Å². The quantitative estimate of drug-likeness (QED) is 0.391. The highest BCUT2D eigenvalue weighted by molar-refractivity contribution is 6.12. The fourth-order valence-corrected chi connectivity index (χ4v) is 3.74. The van der Waals surface area contributed by atoms with Crippen molar-refractivity contribution in [2.24, 2.45) is 0 Å². The summed E-state index contributed by atoms with van der Waals surface area (Å²) >= 11 is 0. The fourth-order valence-electron chi connectivity index (χ4n) is 3.74. The number of hydrogen-bond acceptors (Lipinski definition) is 7. The van der Waals surface area contributed by atoms with Crippen LogP contribution < -0.4 is 20.3 Å². The molecule has 0 saturated carbocycles. The van der Waals surface area contributed by atoms with E-state index in [4.69, 9.17) is 9.47 Å². The van der Waals surface area contributed by atoms with Crippen LogP contribution in [0.2, 0.25) is 0 Å². The lowest BCUT2D eigenvalue weighted by molar-refractivity contribution is -0.384. The van der Waals surface area contributed by atoms with Crippen molar-refractivity contribution < 1.29 is 24.0 Å². The Morgan fingerprint density at radius 1 is 0.971 bits per heavy atom.